The number of benzene rings is 2. The van der Waals surface area contributed by atoms with Gasteiger partial charge in [0.1, 0.15) is 5.75 Å². The second-order valence-corrected chi connectivity index (χ2v) is 5.06. The van der Waals surface area contributed by atoms with Gasteiger partial charge in [-0.25, -0.2) is 0 Å². The molecule has 0 atom stereocenters. The minimum absolute atomic E-state index is 0.155. The van der Waals surface area contributed by atoms with Crippen molar-refractivity contribution in [3.05, 3.63) is 53.1 Å². The van der Waals surface area contributed by atoms with Crippen molar-refractivity contribution in [2.45, 2.75) is 13.5 Å². The Kier molecular flexibility index (Phi) is 5.46. The van der Waals surface area contributed by atoms with Crippen LogP contribution in [0.15, 0.2) is 36.4 Å². The van der Waals surface area contributed by atoms with Crippen molar-refractivity contribution in [2.24, 2.45) is 0 Å². The highest BCUT2D eigenvalue weighted by atomic mass is 16.5. The van der Waals surface area contributed by atoms with Crippen LogP contribution in [0, 0.1) is 6.92 Å². The molecule has 5 nitrogen and oxygen atoms in total. The first-order chi connectivity index (χ1) is 11.1. The van der Waals surface area contributed by atoms with Gasteiger partial charge in [0, 0.05) is 12.1 Å². The molecule has 1 amide bonds. The third-order valence-corrected chi connectivity index (χ3v) is 3.57. The van der Waals surface area contributed by atoms with Gasteiger partial charge in [0.2, 0.25) is 0 Å². The molecule has 0 saturated carbocycles. The van der Waals surface area contributed by atoms with Gasteiger partial charge >= 0.3 is 0 Å². The monoisotopic (exact) mass is 315 g/mol. The van der Waals surface area contributed by atoms with E-state index in [9.17, 15) is 4.79 Å². The zero-order valence-electron chi connectivity index (χ0n) is 13.8. The topological polar surface area (TPSA) is 56.8 Å². The molecule has 122 valence electrons. The van der Waals surface area contributed by atoms with Crippen molar-refractivity contribution in [1.82, 2.24) is 5.32 Å². The molecule has 2 aromatic carbocycles. The summed E-state index contributed by atoms with van der Waals surface area (Å²) in [6, 6.07) is 10.9. The first kappa shape index (κ1) is 16.7. The van der Waals surface area contributed by atoms with Crippen LogP contribution >= 0.6 is 0 Å². The first-order valence-electron chi connectivity index (χ1n) is 7.22. The van der Waals surface area contributed by atoms with Crippen molar-refractivity contribution in [3.63, 3.8) is 0 Å². The largest absolute Gasteiger partial charge is 0.496 e. The Balaban J connectivity index is 2.07. The van der Waals surface area contributed by atoms with Gasteiger partial charge in [-0.1, -0.05) is 12.1 Å². The van der Waals surface area contributed by atoms with E-state index in [1.54, 1.807) is 33.5 Å². The van der Waals surface area contributed by atoms with E-state index in [4.69, 9.17) is 14.2 Å². The number of aryl methyl sites for hydroxylation is 1. The summed E-state index contributed by atoms with van der Waals surface area (Å²) in [5.41, 5.74) is 2.48. The minimum atomic E-state index is -0.155. The Morgan fingerprint density at radius 3 is 2.26 bits per heavy atom. The number of methoxy groups -OCH3 is 3. The third kappa shape index (κ3) is 3.94. The average Bonchev–Trinajstić information content (AvgIpc) is 2.59. The molecule has 2 rings (SSSR count). The SMILES string of the molecule is COc1cc(C(=O)NCc2ccc(OC)c(OC)c2)ccc1C. The van der Waals surface area contributed by atoms with Crippen LogP contribution in [0.3, 0.4) is 0 Å². The summed E-state index contributed by atoms with van der Waals surface area (Å²) in [6.45, 7) is 2.33. The molecule has 0 aliphatic carbocycles. The normalized spacial score (nSPS) is 10.1. The predicted octanol–water partition coefficient (Wildman–Crippen LogP) is 2.95. The summed E-state index contributed by atoms with van der Waals surface area (Å²) >= 11 is 0. The van der Waals surface area contributed by atoms with Crippen molar-refractivity contribution in [2.75, 3.05) is 21.3 Å². The van der Waals surface area contributed by atoms with Gasteiger partial charge in [-0.2, -0.15) is 0 Å². The van der Waals surface area contributed by atoms with E-state index in [0.717, 1.165) is 11.1 Å². The van der Waals surface area contributed by atoms with Crippen molar-refractivity contribution in [1.29, 1.82) is 0 Å². The number of ether oxygens (including phenoxy) is 3. The van der Waals surface area contributed by atoms with Crippen LogP contribution in [0.2, 0.25) is 0 Å². The third-order valence-electron chi connectivity index (χ3n) is 3.57. The molecule has 0 fully saturated rings. The highest BCUT2D eigenvalue weighted by Gasteiger charge is 2.09. The fourth-order valence-electron chi connectivity index (χ4n) is 2.24. The van der Waals surface area contributed by atoms with Crippen LogP contribution in [0.1, 0.15) is 21.5 Å². The Morgan fingerprint density at radius 2 is 1.61 bits per heavy atom. The summed E-state index contributed by atoms with van der Waals surface area (Å²) in [5.74, 6) is 1.84. The van der Waals surface area contributed by atoms with E-state index in [1.807, 2.05) is 31.2 Å². The highest BCUT2D eigenvalue weighted by Crippen LogP contribution is 2.27. The lowest BCUT2D eigenvalue weighted by molar-refractivity contribution is 0.0950. The molecule has 0 spiro atoms. The van der Waals surface area contributed by atoms with Crippen LogP contribution in [0.25, 0.3) is 0 Å². The lowest BCUT2D eigenvalue weighted by Gasteiger charge is -2.11. The van der Waals surface area contributed by atoms with Gasteiger partial charge in [0.25, 0.3) is 5.91 Å². The summed E-state index contributed by atoms with van der Waals surface area (Å²) in [7, 11) is 4.76. The molecule has 5 heteroatoms. The number of amides is 1. The number of hydrogen-bond donors (Lipinski definition) is 1. The fourth-order valence-corrected chi connectivity index (χ4v) is 2.24. The summed E-state index contributed by atoms with van der Waals surface area (Å²) < 4.78 is 15.7. The molecule has 0 aliphatic heterocycles. The van der Waals surface area contributed by atoms with Gasteiger partial charge in [0.05, 0.1) is 21.3 Å². The Labute approximate surface area is 136 Å². The zero-order chi connectivity index (χ0) is 16.8. The number of carbonyl (C=O) groups excluding carboxylic acids is 1. The average molecular weight is 315 g/mol. The van der Waals surface area contributed by atoms with Gasteiger partial charge in [-0.3, -0.25) is 4.79 Å². The second-order valence-electron chi connectivity index (χ2n) is 5.06. The maximum absolute atomic E-state index is 12.3. The predicted molar refractivity (Wildman–Crippen MR) is 88.4 cm³/mol. The van der Waals surface area contributed by atoms with Crippen LogP contribution < -0.4 is 19.5 Å². The maximum atomic E-state index is 12.3. The summed E-state index contributed by atoms with van der Waals surface area (Å²) in [4.78, 5) is 12.3. The molecule has 0 saturated heterocycles. The molecule has 0 heterocycles. The lowest BCUT2D eigenvalue weighted by atomic mass is 10.1. The van der Waals surface area contributed by atoms with Crippen LogP contribution in [0.4, 0.5) is 0 Å². The molecular weight excluding hydrogens is 294 g/mol. The number of carbonyl (C=O) groups is 1. The molecule has 0 aromatic heterocycles. The maximum Gasteiger partial charge on any atom is 0.251 e. The van der Waals surface area contributed by atoms with Crippen molar-refractivity contribution >= 4 is 5.91 Å². The van der Waals surface area contributed by atoms with Crippen LogP contribution in [-0.4, -0.2) is 27.2 Å². The fraction of sp³-hybridized carbons (Fsp3) is 0.278. The molecule has 0 radical (unpaired) electrons. The van der Waals surface area contributed by atoms with Gasteiger partial charge in [0.15, 0.2) is 11.5 Å². The smallest absolute Gasteiger partial charge is 0.251 e. The van der Waals surface area contributed by atoms with E-state index in [1.165, 1.54) is 0 Å². The Hall–Kier alpha value is -2.69. The molecule has 2 aromatic rings. The van der Waals surface area contributed by atoms with Gasteiger partial charge < -0.3 is 19.5 Å². The number of nitrogens with one attached hydrogen (secondary N) is 1. The zero-order valence-corrected chi connectivity index (χ0v) is 13.8. The molecule has 0 bridgehead atoms. The first-order valence-corrected chi connectivity index (χ1v) is 7.22. The van der Waals surface area contributed by atoms with Crippen LogP contribution in [-0.2, 0) is 6.54 Å². The van der Waals surface area contributed by atoms with E-state index >= 15 is 0 Å². The quantitative estimate of drug-likeness (QED) is 0.890. The minimum Gasteiger partial charge on any atom is -0.496 e. The molecule has 23 heavy (non-hydrogen) atoms. The highest BCUT2D eigenvalue weighted by molar-refractivity contribution is 5.94. The number of rotatable bonds is 6. The molecular formula is C18H21NO4. The summed E-state index contributed by atoms with van der Waals surface area (Å²) in [5, 5.41) is 2.88. The van der Waals surface area contributed by atoms with E-state index in [-0.39, 0.29) is 5.91 Å². The Bertz CT molecular complexity index is 697. The second kappa shape index (κ2) is 7.54. The van der Waals surface area contributed by atoms with E-state index < -0.39 is 0 Å². The van der Waals surface area contributed by atoms with Gasteiger partial charge in [-0.05, 0) is 42.3 Å². The molecule has 0 aliphatic rings. The molecule has 1 N–H and O–H groups in total. The number of hydrogen-bond acceptors (Lipinski definition) is 4. The van der Waals surface area contributed by atoms with E-state index in [0.29, 0.717) is 29.4 Å². The van der Waals surface area contributed by atoms with Crippen LogP contribution in [0.5, 0.6) is 17.2 Å². The van der Waals surface area contributed by atoms with E-state index in [2.05, 4.69) is 5.32 Å². The van der Waals surface area contributed by atoms with Crippen molar-refractivity contribution in [3.8, 4) is 17.2 Å². The van der Waals surface area contributed by atoms with Gasteiger partial charge in [-0.15, -0.1) is 0 Å². The lowest BCUT2D eigenvalue weighted by Crippen LogP contribution is -2.22. The summed E-state index contributed by atoms with van der Waals surface area (Å²) in [6.07, 6.45) is 0. The van der Waals surface area contributed by atoms with Crippen molar-refractivity contribution < 1.29 is 19.0 Å². The standard InChI is InChI=1S/C18H21NO4/c1-12-5-7-14(10-16(12)22-3)18(20)19-11-13-6-8-15(21-2)17(9-13)23-4/h5-10H,11H2,1-4H3,(H,19,20). The molecule has 0 unspecified atom stereocenters. The Morgan fingerprint density at radius 1 is 0.913 bits per heavy atom.